The predicted octanol–water partition coefficient (Wildman–Crippen LogP) is 6.45. The zero-order chi connectivity index (χ0) is 29.2. The molecule has 1 N–H and O–H groups in total. The van der Waals surface area contributed by atoms with Gasteiger partial charge in [0.1, 0.15) is 0 Å². The average Bonchev–Trinajstić information content (AvgIpc) is 2.97. The van der Waals surface area contributed by atoms with E-state index in [1.807, 2.05) is 19.1 Å². The van der Waals surface area contributed by atoms with Gasteiger partial charge in [0.15, 0.2) is 11.3 Å². The summed E-state index contributed by atoms with van der Waals surface area (Å²) in [5, 5.41) is 0.407. The van der Waals surface area contributed by atoms with Crippen LogP contribution in [0.1, 0.15) is 61.1 Å². The summed E-state index contributed by atoms with van der Waals surface area (Å²) >= 11 is 3.49. The zero-order valence-electron chi connectivity index (χ0n) is 23.1. The lowest BCUT2D eigenvalue weighted by Gasteiger charge is -2.48. The number of hydroxylamine groups is 1. The van der Waals surface area contributed by atoms with Gasteiger partial charge in [-0.05, 0) is 81.0 Å². The van der Waals surface area contributed by atoms with E-state index in [1.165, 1.54) is 22.7 Å². The third-order valence-corrected chi connectivity index (χ3v) is 8.68. The molecule has 2 saturated heterocycles. The Morgan fingerprint density at radius 1 is 1.10 bits per heavy atom. The molecule has 0 unspecified atom stereocenters. The topological polar surface area (TPSA) is 70.6 Å². The number of nitrogens with one attached hydrogen (secondary N) is 1. The molecule has 4 heterocycles. The molecule has 0 aliphatic carbocycles. The fourth-order valence-electron chi connectivity index (χ4n) is 5.73. The summed E-state index contributed by atoms with van der Waals surface area (Å²) in [6.45, 7) is 7.15. The molecule has 2 aromatic heterocycles. The van der Waals surface area contributed by atoms with Gasteiger partial charge in [0.25, 0.3) is 5.91 Å². The number of carbonyl (C=O) groups is 1. The number of hydrogen-bond donors (Lipinski definition) is 1. The van der Waals surface area contributed by atoms with Crippen LogP contribution in [0.5, 0.6) is 0 Å². The van der Waals surface area contributed by atoms with Gasteiger partial charge in [0.05, 0.1) is 17.9 Å². The minimum Gasteiger partial charge on any atom is -0.338 e. The molecular weight excluding hydrogens is 599 g/mol. The molecular formula is C30H33BrF3N5O2. The molecule has 41 heavy (non-hydrogen) atoms. The number of rotatable bonds is 6. The highest BCUT2D eigenvalue weighted by Crippen LogP contribution is 2.36. The monoisotopic (exact) mass is 631 g/mol. The molecule has 11 heteroatoms. The summed E-state index contributed by atoms with van der Waals surface area (Å²) in [5.74, 6) is -0.636. The van der Waals surface area contributed by atoms with Crippen LogP contribution in [-0.4, -0.2) is 64.0 Å². The number of hydrogen-bond acceptors (Lipinski definition) is 6. The molecule has 2 aliphatic heterocycles. The van der Waals surface area contributed by atoms with Gasteiger partial charge in [-0.25, -0.2) is 9.97 Å². The highest BCUT2D eigenvalue weighted by atomic mass is 79.9. The first-order valence-electron chi connectivity index (χ1n) is 13.8. The minimum absolute atomic E-state index is 0.0270. The molecule has 1 aromatic carbocycles. The molecule has 3 aromatic rings. The van der Waals surface area contributed by atoms with Crippen molar-refractivity contribution in [2.24, 2.45) is 0 Å². The third-order valence-electron chi connectivity index (χ3n) is 8.15. The molecule has 0 saturated carbocycles. The quantitative estimate of drug-likeness (QED) is 0.315. The fraction of sp³-hybridized carbons (Fsp3) is 0.433. The van der Waals surface area contributed by atoms with E-state index < -0.39 is 23.3 Å². The summed E-state index contributed by atoms with van der Waals surface area (Å²) in [7, 11) is 0. The minimum atomic E-state index is -4.76. The number of pyridine rings is 2. The van der Waals surface area contributed by atoms with Crippen LogP contribution in [0.2, 0.25) is 0 Å². The first kappa shape index (κ1) is 29.5. The van der Waals surface area contributed by atoms with E-state index in [1.54, 1.807) is 12.1 Å². The van der Waals surface area contributed by atoms with E-state index in [0.29, 0.717) is 37.9 Å². The molecule has 218 valence electrons. The lowest BCUT2D eigenvalue weighted by atomic mass is 9.84. The highest BCUT2D eigenvalue weighted by Gasteiger charge is 2.42. The average molecular weight is 633 g/mol. The van der Waals surface area contributed by atoms with E-state index in [2.05, 4.69) is 55.3 Å². The van der Waals surface area contributed by atoms with Gasteiger partial charge < -0.3 is 4.90 Å². The van der Waals surface area contributed by atoms with Crippen LogP contribution in [0.4, 0.5) is 13.2 Å². The summed E-state index contributed by atoms with van der Waals surface area (Å²) in [4.78, 5) is 30.6. The Kier molecular flexibility index (Phi) is 8.68. The number of carbonyl (C=O) groups excluding carboxylic acids is 1. The van der Waals surface area contributed by atoms with Gasteiger partial charge in [-0.2, -0.15) is 13.2 Å². The fourth-order valence-corrected chi connectivity index (χ4v) is 5.99. The van der Waals surface area contributed by atoms with Crippen LogP contribution in [0.3, 0.4) is 0 Å². The summed E-state index contributed by atoms with van der Waals surface area (Å²) < 4.78 is 42.6. The lowest BCUT2D eigenvalue weighted by molar-refractivity contribution is -0.141. The van der Waals surface area contributed by atoms with Crippen LogP contribution in [0.25, 0.3) is 16.7 Å². The Morgan fingerprint density at radius 3 is 2.41 bits per heavy atom. The number of aromatic nitrogens is 2. The highest BCUT2D eigenvalue weighted by molar-refractivity contribution is 9.10. The largest absolute Gasteiger partial charge is 0.434 e. The molecule has 7 nitrogen and oxygen atoms in total. The summed E-state index contributed by atoms with van der Waals surface area (Å²) in [6.07, 6.45) is -0.271. The van der Waals surface area contributed by atoms with Crippen molar-refractivity contribution in [3.63, 3.8) is 0 Å². The number of likely N-dealkylation sites (tertiary alicyclic amines) is 2. The maximum absolute atomic E-state index is 13.9. The second kappa shape index (κ2) is 12.1. The molecule has 0 spiro atoms. The van der Waals surface area contributed by atoms with Crippen LogP contribution in [-0.2, 0) is 11.0 Å². The van der Waals surface area contributed by atoms with Crippen molar-refractivity contribution >= 4 is 38.6 Å². The Morgan fingerprint density at radius 2 is 1.78 bits per heavy atom. The third kappa shape index (κ3) is 6.42. The van der Waals surface area contributed by atoms with E-state index in [9.17, 15) is 18.0 Å². The van der Waals surface area contributed by atoms with Gasteiger partial charge >= 0.3 is 6.18 Å². The van der Waals surface area contributed by atoms with Gasteiger partial charge in [0.2, 0.25) is 0 Å². The van der Waals surface area contributed by atoms with Crippen molar-refractivity contribution in [1.82, 2.24) is 25.2 Å². The number of amides is 1. The van der Waals surface area contributed by atoms with Crippen molar-refractivity contribution in [1.29, 1.82) is 0 Å². The first-order chi connectivity index (χ1) is 19.6. The normalized spacial score (nSPS) is 18.0. The standard InChI is InChI=1S/C30H33BrF3N5O2/c1-3-41-37-25(20-6-8-23(31)9-7-20)21-10-15-39(16-11-21)29(2)12-17-38(18-13-29)28(40)24-19-22-5-4-14-35-27(22)36-26(24)30(32,33)34/h4-9,14,19,37H,3,10-13,15-18H2,1-2H3. The zero-order valence-corrected chi connectivity index (χ0v) is 24.7. The molecule has 5 rings (SSSR count). The summed E-state index contributed by atoms with van der Waals surface area (Å²) in [6, 6.07) is 12.6. The van der Waals surface area contributed by atoms with Crippen molar-refractivity contribution < 1.29 is 22.8 Å². The number of piperidine rings is 2. The van der Waals surface area contributed by atoms with E-state index >= 15 is 0 Å². The molecule has 0 radical (unpaired) electrons. The van der Waals surface area contributed by atoms with Crippen LogP contribution in [0, 0.1) is 0 Å². The first-order valence-corrected chi connectivity index (χ1v) is 14.6. The van der Waals surface area contributed by atoms with Gasteiger partial charge in [0, 0.05) is 47.8 Å². The predicted molar refractivity (Wildman–Crippen MR) is 155 cm³/mol. The van der Waals surface area contributed by atoms with Crippen molar-refractivity contribution in [3.8, 4) is 0 Å². The van der Waals surface area contributed by atoms with E-state index in [-0.39, 0.29) is 11.2 Å². The number of fused-ring (bicyclic) bond motifs is 1. The van der Waals surface area contributed by atoms with E-state index in [0.717, 1.165) is 41.7 Å². The maximum Gasteiger partial charge on any atom is 0.434 e. The lowest BCUT2D eigenvalue weighted by Crippen LogP contribution is -2.56. The Hall–Kier alpha value is -3.02. The van der Waals surface area contributed by atoms with Gasteiger partial charge in [-0.15, -0.1) is 0 Å². The number of nitrogens with zero attached hydrogens (tertiary/aromatic N) is 4. The number of benzene rings is 1. The number of alkyl halides is 3. The molecule has 0 bridgehead atoms. The summed E-state index contributed by atoms with van der Waals surface area (Å²) in [5.41, 5.74) is 4.75. The second-order valence-corrected chi connectivity index (χ2v) is 11.6. The van der Waals surface area contributed by atoms with Crippen LogP contribution in [0.15, 0.2) is 58.7 Å². The second-order valence-electron chi connectivity index (χ2n) is 10.7. The Balaban J connectivity index is 1.28. The number of halogens is 4. The SMILES string of the molecule is CCONC(=C1CCN(C2(C)CCN(C(=O)c3cc4cccnc4nc3C(F)(F)F)CC2)CC1)c1ccc(Br)cc1. The van der Waals surface area contributed by atoms with Crippen molar-refractivity contribution in [2.75, 3.05) is 32.8 Å². The maximum atomic E-state index is 13.9. The van der Waals surface area contributed by atoms with Crippen molar-refractivity contribution in [3.05, 3.63) is 75.5 Å². The van der Waals surface area contributed by atoms with Crippen LogP contribution < -0.4 is 5.48 Å². The van der Waals surface area contributed by atoms with Crippen molar-refractivity contribution in [2.45, 2.75) is 51.2 Å². The molecule has 0 atom stereocenters. The molecule has 2 fully saturated rings. The molecule has 1 amide bonds. The van der Waals surface area contributed by atoms with E-state index in [4.69, 9.17) is 4.84 Å². The Labute approximate surface area is 245 Å². The van der Waals surface area contributed by atoms with Crippen LogP contribution >= 0.6 is 15.9 Å². The Bertz CT molecular complexity index is 1430. The molecule has 2 aliphatic rings. The van der Waals surface area contributed by atoms with Gasteiger partial charge in [-0.1, -0.05) is 28.1 Å². The van der Waals surface area contributed by atoms with Gasteiger partial charge in [-0.3, -0.25) is 20.0 Å². The smallest absolute Gasteiger partial charge is 0.338 e.